The molecule has 2 aromatic rings. The minimum atomic E-state index is -0.320. The minimum Gasteiger partial charge on any atom is -0.489 e. The standard InChI is InChI=1S/C17H16FNOS/c1-21-16-8-6-15(7-9-16)20-12-14-5-4-13(3-2-10-19)11-17(14)18/h4-9,11H,10,12,19H2,1H3. The topological polar surface area (TPSA) is 35.2 Å². The number of ether oxygens (including phenoxy) is 1. The molecule has 0 saturated heterocycles. The molecule has 0 aliphatic rings. The molecule has 2 N–H and O–H groups in total. The van der Waals surface area contributed by atoms with E-state index in [0.717, 1.165) is 10.6 Å². The smallest absolute Gasteiger partial charge is 0.131 e. The lowest BCUT2D eigenvalue weighted by Crippen LogP contribution is -1.99. The van der Waals surface area contributed by atoms with Crippen LogP contribution in [0.3, 0.4) is 0 Å². The van der Waals surface area contributed by atoms with Gasteiger partial charge >= 0.3 is 0 Å². The third kappa shape index (κ3) is 4.52. The van der Waals surface area contributed by atoms with Crippen LogP contribution in [0.25, 0.3) is 0 Å². The normalized spacial score (nSPS) is 9.86. The van der Waals surface area contributed by atoms with E-state index in [4.69, 9.17) is 10.5 Å². The summed E-state index contributed by atoms with van der Waals surface area (Å²) in [6.45, 7) is 0.452. The quantitative estimate of drug-likeness (QED) is 0.694. The number of rotatable bonds is 4. The number of thioether (sulfide) groups is 1. The van der Waals surface area contributed by atoms with E-state index in [1.807, 2.05) is 30.5 Å². The van der Waals surface area contributed by atoms with E-state index in [2.05, 4.69) is 11.8 Å². The molecule has 0 aliphatic carbocycles. The van der Waals surface area contributed by atoms with Gasteiger partial charge in [0.2, 0.25) is 0 Å². The predicted molar refractivity (Wildman–Crippen MR) is 84.9 cm³/mol. The number of benzene rings is 2. The zero-order valence-electron chi connectivity index (χ0n) is 11.7. The number of hydrogen-bond acceptors (Lipinski definition) is 3. The molecule has 0 atom stereocenters. The molecule has 0 amide bonds. The van der Waals surface area contributed by atoms with Crippen molar-refractivity contribution in [2.45, 2.75) is 11.5 Å². The Morgan fingerprint density at radius 2 is 1.95 bits per heavy atom. The van der Waals surface area contributed by atoms with Crippen molar-refractivity contribution in [2.75, 3.05) is 12.8 Å². The SMILES string of the molecule is CSc1ccc(OCc2ccc(C#CCN)cc2F)cc1. The van der Waals surface area contributed by atoms with Gasteiger partial charge in [-0.25, -0.2) is 4.39 Å². The van der Waals surface area contributed by atoms with Crippen LogP contribution < -0.4 is 10.5 Å². The summed E-state index contributed by atoms with van der Waals surface area (Å²) in [7, 11) is 0. The number of hydrogen-bond donors (Lipinski definition) is 1. The van der Waals surface area contributed by atoms with Gasteiger partial charge in [0.15, 0.2) is 0 Å². The van der Waals surface area contributed by atoms with Gasteiger partial charge in [-0.05, 0) is 42.7 Å². The summed E-state index contributed by atoms with van der Waals surface area (Å²) in [5, 5.41) is 0. The Kier molecular flexibility index (Phi) is 5.68. The average Bonchev–Trinajstić information content (AvgIpc) is 2.52. The van der Waals surface area contributed by atoms with Crippen molar-refractivity contribution in [3.63, 3.8) is 0 Å². The first kappa shape index (κ1) is 15.4. The van der Waals surface area contributed by atoms with Crippen molar-refractivity contribution in [1.82, 2.24) is 0 Å². The van der Waals surface area contributed by atoms with E-state index in [0.29, 0.717) is 11.1 Å². The highest BCUT2D eigenvalue weighted by atomic mass is 32.2. The maximum absolute atomic E-state index is 13.9. The fraction of sp³-hybridized carbons (Fsp3) is 0.176. The Hall–Kier alpha value is -1.96. The molecular weight excluding hydrogens is 285 g/mol. The molecule has 0 unspecified atom stereocenters. The molecule has 2 nitrogen and oxygen atoms in total. The van der Waals surface area contributed by atoms with Gasteiger partial charge in [-0.1, -0.05) is 17.9 Å². The molecule has 4 heteroatoms. The van der Waals surface area contributed by atoms with E-state index in [1.54, 1.807) is 23.9 Å². The Morgan fingerprint density at radius 1 is 1.19 bits per heavy atom. The van der Waals surface area contributed by atoms with Crippen LogP contribution in [0.5, 0.6) is 5.75 Å². The predicted octanol–water partition coefficient (Wildman–Crippen LogP) is 3.44. The van der Waals surface area contributed by atoms with Crippen LogP contribution >= 0.6 is 11.8 Å². The first-order valence-corrected chi connectivity index (χ1v) is 7.69. The van der Waals surface area contributed by atoms with Gasteiger partial charge < -0.3 is 10.5 Å². The van der Waals surface area contributed by atoms with Crippen LogP contribution in [0.15, 0.2) is 47.4 Å². The second kappa shape index (κ2) is 7.72. The van der Waals surface area contributed by atoms with E-state index in [-0.39, 0.29) is 19.0 Å². The highest BCUT2D eigenvalue weighted by Crippen LogP contribution is 2.20. The molecule has 0 radical (unpaired) electrons. The third-order valence-electron chi connectivity index (χ3n) is 2.84. The monoisotopic (exact) mass is 301 g/mol. The highest BCUT2D eigenvalue weighted by Gasteiger charge is 2.04. The summed E-state index contributed by atoms with van der Waals surface area (Å²) >= 11 is 1.67. The summed E-state index contributed by atoms with van der Waals surface area (Å²) in [5.74, 6) is 5.90. The largest absolute Gasteiger partial charge is 0.489 e. The first-order chi connectivity index (χ1) is 10.2. The minimum absolute atomic E-state index is 0.190. The van der Waals surface area contributed by atoms with Crippen LogP contribution in [-0.2, 0) is 6.61 Å². The lowest BCUT2D eigenvalue weighted by atomic mass is 10.1. The summed E-state index contributed by atoms with van der Waals surface area (Å²) in [5.41, 5.74) is 6.41. The second-order valence-corrected chi connectivity index (χ2v) is 5.16. The van der Waals surface area contributed by atoms with E-state index < -0.39 is 0 Å². The molecule has 21 heavy (non-hydrogen) atoms. The summed E-state index contributed by atoms with van der Waals surface area (Å²) in [6.07, 6.45) is 2.01. The molecule has 0 spiro atoms. The molecule has 0 heterocycles. The Labute approximate surface area is 128 Å². The Balaban J connectivity index is 2.02. The van der Waals surface area contributed by atoms with Gasteiger partial charge in [0.1, 0.15) is 18.2 Å². The number of halogens is 1. The van der Waals surface area contributed by atoms with Gasteiger partial charge in [-0.15, -0.1) is 11.8 Å². The van der Waals surface area contributed by atoms with Crippen molar-refractivity contribution >= 4 is 11.8 Å². The van der Waals surface area contributed by atoms with Crippen LogP contribution in [0.4, 0.5) is 4.39 Å². The molecule has 2 rings (SSSR count). The van der Waals surface area contributed by atoms with Crippen LogP contribution in [0, 0.1) is 17.7 Å². The molecule has 2 aromatic carbocycles. The molecule has 0 saturated carbocycles. The number of nitrogens with two attached hydrogens (primary N) is 1. The molecule has 0 aromatic heterocycles. The summed E-state index contributed by atoms with van der Waals surface area (Å²) in [6, 6.07) is 12.6. The van der Waals surface area contributed by atoms with Crippen LogP contribution in [0.1, 0.15) is 11.1 Å². The lowest BCUT2D eigenvalue weighted by Gasteiger charge is -2.08. The molecule has 0 bridgehead atoms. The van der Waals surface area contributed by atoms with Crippen molar-refractivity contribution in [2.24, 2.45) is 5.73 Å². The van der Waals surface area contributed by atoms with Gasteiger partial charge in [0.25, 0.3) is 0 Å². The second-order valence-electron chi connectivity index (χ2n) is 4.28. The zero-order chi connectivity index (χ0) is 15.1. The van der Waals surface area contributed by atoms with Crippen molar-refractivity contribution in [3.8, 4) is 17.6 Å². The average molecular weight is 301 g/mol. The van der Waals surface area contributed by atoms with Crippen molar-refractivity contribution < 1.29 is 9.13 Å². The maximum Gasteiger partial charge on any atom is 0.131 e. The first-order valence-electron chi connectivity index (χ1n) is 6.47. The van der Waals surface area contributed by atoms with Crippen LogP contribution in [-0.4, -0.2) is 12.8 Å². The third-order valence-corrected chi connectivity index (χ3v) is 3.59. The van der Waals surface area contributed by atoms with Gasteiger partial charge in [-0.2, -0.15) is 0 Å². The van der Waals surface area contributed by atoms with Gasteiger partial charge in [0.05, 0.1) is 6.54 Å². The maximum atomic E-state index is 13.9. The Morgan fingerprint density at radius 3 is 2.57 bits per heavy atom. The van der Waals surface area contributed by atoms with Gasteiger partial charge in [0, 0.05) is 16.0 Å². The lowest BCUT2D eigenvalue weighted by molar-refractivity contribution is 0.299. The van der Waals surface area contributed by atoms with E-state index in [9.17, 15) is 4.39 Å². The summed E-state index contributed by atoms with van der Waals surface area (Å²) in [4.78, 5) is 1.16. The van der Waals surface area contributed by atoms with Gasteiger partial charge in [-0.3, -0.25) is 0 Å². The zero-order valence-corrected chi connectivity index (χ0v) is 12.5. The Bertz CT molecular complexity index is 659. The molecule has 0 fully saturated rings. The fourth-order valence-electron chi connectivity index (χ4n) is 1.73. The van der Waals surface area contributed by atoms with Crippen LogP contribution in [0.2, 0.25) is 0 Å². The molecule has 108 valence electrons. The molecular formula is C17H16FNOS. The molecule has 0 aliphatic heterocycles. The fourth-order valence-corrected chi connectivity index (χ4v) is 2.14. The van der Waals surface area contributed by atoms with E-state index in [1.165, 1.54) is 6.07 Å². The summed E-state index contributed by atoms with van der Waals surface area (Å²) < 4.78 is 19.5. The highest BCUT2D eigenvalue weighted by molar-refractivity contribution is 7.98. The van der Waals surface area contributed by atoms with Crippen molar-refractivity contribution in [1.29, 1.82) is 0 Å². The van der Waals surface area contributed by atoms with E-state index >= 15 is 0 Å². The van der Waals surface area contributed by atoms with Crippen molar-refractivity contribution in [3.05, 3.63) is 59.4 Å².